The molecule has 0 bridgehead atoms. The zero-order valence-electron chi connectivity index (χ0n) is 14.6. The van der Waals surface area contributed by atoms with Gasteiger partial charge in [-0.15, -0.1) is 0 Å². The summed E-state index contributed by atoms with van der Waals surface area (Å²) >= 11 is 0. The SMILES string of the molecule is Cc1ccc(-c2nc(C(=O)N3CCN(c4ccccc4)CC3)no2)cc1. The summed E-state index contributed by atoms with van der Waals surface area (Å²) < 4.78 is 5.27. The summed E-state index contributed by atoms with van der Waals surface area (Å²) in [5.41, 5.74) is 3.15. The number of nitrogens with zero attached hydrogens (tertiary/aromatic N) is 4. The van der Waals surface area contributed by atoms with Crippen LogP contribution in [0, 0.1) is 6.92 Å². The van der Waals surface area contributed by atoms with E-state index >= 15 is 0 Å². The molecule has 0 spiro atoms. The maximum atomic E-state index is 12.7. The molecule has 1 fully saturated rings. The van der Waals surface area contributed by atoms with Crippen LogP contribution in [0.15, 0.2) is 59.1 Å². The highest BCUT2D eigenvalue weighted by Gasteiger charge is 2.26. The number of aryl methyl sites for hydroxylation is 1. The third kappa shape index (κ3) is 3.31. The summed E-state index contributed by atoms with van der Waals surface area (Å²) in [6, 6.07) is 18.0. The van der Waals surface area contributed by atoms with Crippen molar-refractivity contribution in [1.82, 2.24) is 15.0 Å². The van der Waals surface area contributed by atoms with Crippen molar-refractivity contribution in [3.8, 4) is 11.5 Å². The van der Waals surface area contributed by atoms with E-state index in [1.54, 1.807) is 4.90 Å². The molecule has 4 rings (SSSR count). The summed E-state index contributed by atoms with van der Waals surface area (Å²) in [5, 5.41) is 3.88. The Bertz CT molecular complexity index is 882. The Labute approximate surface area is 152 Å². The average Bonchev–Trinajstić information content (AvgIpc) is 3.19. The first kappa shape index (κ1) is 16.3. The molecule has 1 saturated heterocycles. The Morgan fingerprint density at radius 2 is 1.65 bits per heavy atom. The Kier molecular flexibility index (Phi) is 4.39. The zero-order chi connectivity index (χ0) is 17.9. The number of rotatable bonds is 3. The fourth-order valence-electron chi connectivity index (χ4n) is 3.07. The van der Waals surface area contributed by atoms with Crippen molar-refractivity contribution in [2.45, 2.75) is 6.92 Å². The van der Waals surface area contributed by atoms with Crippen molar-refractivity contribution >= 4 is 11.6 Å². The highest BCUT2D eigenvalue weighted by molar-refractivity contribution is 5.91. The molecule has 1 amide bonds. The van der Waals surface area contributed by atoms with Gasteiger partial charge >= 0.3 is 0 Å². The molecule has 2 heterocycles. The topological polar surface area (TPSA) is 62.5 Å². The Balaban J connectivity index is 1.42. The van der Waals surface area contributed by atoms with Crippen molar-refractivity contribution < 1.29 is 9.32 Å². The van der Waals surface area contributed by atoms with Crippen LogP contribution in [0.2, 0.25) is 0 Å². The third-order valence-electron chi connectivity index (χ3n) is 4.60. The van der Waals surface area contributed by atoms with E-state index in [0.717, 1.165) is 24.2 Å². The molecule has 6 nitrogen and oxygen atoms in total. The maximum Gasteiger partial charge on any atom is 0.295 e. The van der Waals surface area contributed by atoms with Crippen molar-refractivity contribution in [2.24, 2.45) is 0 Å². The zero-order valence-corrected chi connectivity index (χ0v) is 14.6. The van der Waals surface area contributed by atoms with Gasteiger partial charge in [0.15, 0.2) is 0 Å². The Hall–Kier alpha value is -3.15. The predicted octanol–water partition coefficient (Wildman–Crippen LogP) is 3.01. The van der Waals surface area contributed by atoms with Crippen LogP contribution in [-0.4, -0.2) is 47.1 Å². The molecule has 1 aliphatic rings. The first-order valence-corrected chi connectivity index (χ1v) is 8.71. The standard InChI is InChI=1S/C20H20N4O2/c1-15-7-9-16(10-8-15)19-21-18(22-26-19)20(25)24-13-11-23(12-14-24)17-5-3-2-4-6-17/h2-10H,11-14H2,1H3. The van der Waals surface area contributed by atoms with Crippen LogP contribution in [0.1, 0.15) is 16.2 Å². The second kappa shape index (κ2) is 7.00. The van der Waals surface area contributed by atoms with Crippen molar-refractivity contribution in [3.63, 3.8) is 0 Å². The van der Waals surface area contributed by atoms with Crippen LogP contribution in [0.4, 0.5) is 5.69 Å². The van der Waals surface area contributed by atoms with Crippen molar-refractivity contribution in [1.29, 1.82) is 0 Å². The number of hydrogen-bond donors (Lipinski definition) is 0. The number of aromatic nitrogens is 2. The molecule has 0 radical (unpaired) electrons. The number of anilines is 1. The maximum absolute atomic E-state index is 12.7. The molecule has 0 saturated carbocycles. The molecule has 0 unspecified atom stereocenters. The normalized spacial score (nSPS) is 14.5. The summed E-state index contributed by atoms with van der Waals surface area (Å²) in [7, 11) is 0. The van der Waals surface area contributed by atoms with Gasteiger partial charge in [-0.2, -0.15) is 4.98 Å². The number of benzene rings is 2. The van der Waals surface area contributed by atoms with E-state index in [1.165, 1.54) is 5.69 Å². The average molecular weight is 348 g/mol. The lowest BCUT2D eigenvalue weighted by atomic mass is 10.1. The van der Waals surface area contributed by atoms with Gasteiger partial charge in [0.05, 0.1) is 0 Å². The van der Waals surface area contributed by atoms with Crippen molar-refractivity contribution in [2.75, 3.05) is 31.1 Å². The van der Waals surface area contributed by atoms with Crippen LogP contribution >= 0.6 is 0 Å². The van der Waals surface area contributed by atoms with Crippen LogP contribution in [0.5, 0.6) is 0 Å². The van der Waals surface area contributed by atoms with E-state index in [9.17, 15) is 4.79 Å². The van der Waals surface area contributed by atoms with Crippen molar-refractivity contribution in [3.05, 3.63) is 66.0 Å². The minimum atomic E-state index is -0.181. The molecular formula is C20H20N4O2. The summed E-state index contributed by atoms with van der Waals surface area (Å²) in [5.74, 6) is 0.310. The van der Waals surface area contributed by atoms with Crippen LogP contribution < -0.4 is 4.90 Å². The van der Waals surface area contributed by atoms with Crippen LogP contribution in [-0.2, 0) is 0 Å². The predicted molar refractivity (Wildman–Crippen MR) is 99.0 cm³/mol. The molecular weight excluding hydrogens is 328 g/mol. The van der Waals surface area contributed by atoms with Gasteiger partial charge in [-0.05, 0) is 31.2 Å². The number of hydrogen-bond acceptors (Lipinski definition) is 5. The molecule has 1 aromatic heterocycles. The fourth-order valence-corrected chi connectivity index (χ4v) is 3.07. The van der Waals surface area contributed by atoms with E-state index in [-0.39, 0.29) is 11.7 Å². The molecule has 3 aromatic rings. The van der Waals surface area contributed by atoms with Crippen LogP contribution in [0.25, 0.3) is 11.5 Å². The van der Waals surface area contributed by atoms with Gasteiger partial charge in [0.1, 0.15) is 0 Å². The quantitative estimate of drug-likeness (QED) is 0.728. The first-order chi connectivity index (χ1) is 12.7. The number of carbonyl (C=O) groups excluding carboxylic acids is 1. The number of para-hydroxylation sites is 1. The highest BCUT2D eigenvalue weighted by atomic mass is 16.5. The largest absolute Gasteiger partial charge is 0.368 e. The first-order valence-electron chi connectivity index (χ1n) is 8.71. The lowest BCUT2D eigenvalue weighted by molar-refractivity contribution is 0.0731. The molecule has 0 aliphatic carbocycles. The lowest BCUT2D eigenvalue weighted by Gasteiger charge is -2.35. The molecule has 0 atom stereocenters. The molecule has 132 valence electrons. The second-order valence-electron chi connectivity index (χ2n) is 6.40. The number of piperazine rings is 1. The van der Waals surface area contributed by atoms with Crippen LogP contribution in [0.3, 0.4) is 0 Å². The van der Waals surface area contributed by atoms with Gasteiger partial charge in [-0.3, -0.25) is 4.79 Å². The van der Waals surface area contributed by atoms with Gasteiger partial charge in [0.2, 0.25) is 0 Å². The minimum absolute atomic E-state index is 0.119. The van der Waals surface area contributed by atoms with Gasteiger partial charge in [0.25, 0.3) is 17.6 Å². The summed E-state index contributed by atoms with van der Waals surface area (Å²) in [6.45, 7) is 4.88. The van der Waals surface area contributed by atoms with Gasteiger partial charge < -0.3 is 14.3 Å². The van der Waals surface area contributed by atoms with E-state index in [0.29, 0.717) is 19.0 Å². The lowest BCUT2D eigenvalue weighted by Crippen LogP contribution is -2.49. The number of carbonyl (C=O) groups is 1. The summed E-state index contributed by atoms with van der Waals surface area (Å²) in [6.07, 6.45) is 0. The molecule has 1 aliphatic heterocycles. The minimum Gasteiger partial charge on any atom is -0.368 e. The third-order valence-corrected chi connectivity index (χ3v) is 4.60. The van der Waals surface area contributed by atoms with Gasteiger partial charge in [-0.1, -0.05) is 41.1 Å². The Morgan fingerprint density at radius 3 is 2.35 bits per heavy atom. The number of amides is 1. The van der Waals surface area contributed by atoms with E-state index in [1.807, 2.05) is 49.4 Å². The Morgan fingerprint density at radius 1 is 0.962 bits per heavy atom. The van der Waals surface area contributed by atoms with Gasteiger partial charge in [-0.25, -0.2) is 0 Å². The van der Waals surface area contributed by atoms with E-state index in [2.05, 4.69) is 27.2 Å². The van der Waals surface area contributed by atoms with E-state index < -0.39 is 0 Å². The second-order valence-corrected chi connectivity index (χ2v) is 6.40. The molecule has 0 N–H and O–H groups in total. The molecule has 2 aromatic carbocycles. The monoisotopic (exact) mass is 348 g/mol. The smallest absolute Gasteiger partial charge is 0.295 e. The molecule has 26 heavy (non-hydrogen) atoms. The summed E-state index contributed by atoms with van der Waals surface area (Å²) in [4.78, 5) is 21.0. The van der Waals surface area contributed by atoms with Gasteiger partial charge in [0, 0.05) is 37.4 Å². The highest BCUT2D eigenvalue weighted by Crippen LogP contribution is 2.19. The fraction of sp³-hybridized carbons (Fsp3) is 0.250. The molecule has 6 heteroatoms. The van der Waals surface area contributed by atoms with E-state index in [4.69, 9.17) is 4.52 Å².